The molecule has 7 heteroatoms. The molecule has 2 amide bonds. The summed E-state index contributed by atoms with van der Waals surface area (Å²) in [5.41, 5.74) is 2.20. The second kappa shape index (κ2) is 8.63. The molecule has 0 spiro atoms. The zero-order valence-electron chi connectivity index (χ0n) is 18.3. The maximum atomic E-state index is 13.0. The zero-order chi connectivity index (χ0) is 22.1. The van der Waals surface area contributed by atoms with Crippen molar-refractivity contribution in [1.82, 2.24) is 15.6 Å². The summed E-state index contributed by atoms with van der Waals surface area (Å²) in [6.07, 6.45) is 3.86. The van der Waals surface area contributed by atoms with Crippen LogP contribution in [0.5, 0.6) is 0 Å². The summed E-state index contributed by atoms with van der Waals surface area (Å²) in [6.45, 7) is 7.76. The second-order valence-corrected chi connectivity index (χ2v) is 9.69. The molecule has 2 heterocycles. The number of amides is 2. The maximum Gasteiger partial charge on any atom is 0.224 e. The van der Waals surface area contributed by atoms with E-state index >= 15 is 0 Å². The Balaban J connectivity index is 1.63. The number of nitrogens with one attached hydrogen (secondary N) is 3. The van der Waals surface area contributed by atoms with Crippen molar-refractivity contribution >= 4 is 17.6 Å². The number of hydrogen-bond donors (Lipinski definition) is 3. The number of hydrogen-bond acceptors (Lipinski definition) is 4. The van der Waals surface area contributed by atoms with Crippen LogP contribution in [0.4, 0.5) is 0 Å². The van der Waals surface area contributed by atoms with Gasteiger partial charge in [0.05, 0.1) is 11.8 Å². The Labute approximate surface area is 178 Å². The average molecular weight is 413 g/mol. The van der Waals surface area contributed by atoms with E-state index in [1.165, 1.54) is 0 Å². The lowest BCUT2D eigenvalue weighted by molar-refractivity contribution is -0.127. The van der Waals surface area contributed by atoms with Gasteiger partial charge in [0, 0.05) is 29.5 Å². The fourth-order valence-corrected chi connectivity index (χ4v) is 4.29. The smallest absolute Gasteiger partial charge is 0.224 e. The first-order valence-electron chi connectivity index (χ1n) is 10.8. The molecule has 1 aliphatic heterocycles. The maximum absolute atomic E-state index is 13.0. The molecule has 162 valence electrons. The quantitative estimate of drug-likeness (QED) is 0.541. The van der Waals surface area contributed by atoms with Gasteiger partial charge >= 0.3 is 0 Å². The minimum absolute atomic E-state index is 0.0725. The van der Waals surface area contributed by atoms with E-state index in [4.69, 9.17) is 0 Å². The van der Waals surface area contributed by atoms with Gasteiger partial charge in [-0.05, 0) is 64.5 Å². The van der Waals surface area contributed by atoms with Gasteiger partial charge in [0.25, 0.3) is 0 Å². The predicted molar refractivity (Wildman–Crippen MR) is 113 cm³/mol. The number of nitrogens with zero attached hydrogens (tertiary/aromatic N) is 1. The van der Waals surface area contributed by atoms with Gasteiger partial charge in [0.15, 0.2) is 5.78 Å². The van der Waals surface area contributed by atoms with Gasteiger partial charge in [-0.2, -0.15) is 5.26 Å². The van der Waals surface area contributed by atoms with Crippen molar-refractivity contribution in [1.29, 1.82) is 5.26 Å². The van der Waals surface area contributed by atoms with Crippen molar-refractivity contribution in [3.05, 3.63) is 23.0 Å². The summed E-state index contributed by atoms with van der Waals surface area (Å²) in [7, 11) is 0. The third-order valence-corrected chi connectivity index (χ3v) is 6.27. The molecule has 7 nitrogen and oxygen atoms in total. The molecule has 2 fully saturated rings. The molecule has 1 aromatic heterocycles. The van der Waals surface area contributed by atoms with Crippen LogP contribution in [0.3, 0.4) is 0 Å². The summed E-state index contributed by atoms with van der Waals surface area (Å²) >= 11 is 0. The molecular formula is C23H32N4O3. The van der Waals surface area contributed by atoms with Crippen LogP contribution >= 0.6 is 0 Å². The van der Waals surface area contributed by atoms with Crippen LogP contribution < -0.4 is 10.6 Å². The largest absolute Gasteiger partial charge is 0.356 e. The molecule has 1 aromatic rings. The van der Waals surface area contributed by atoms with E-state index in [1.54, 1.807) is 0 Å². The number of aromatic nitrogens is 1. The van der Waals surface area contributed by atoms with E-state index in [-0.39, 0.29) is 41.9 Å². The zero-order valence-corrected chi connectivity index (χ0v) is 18.3. The van der Waals surface area contributed by atoms with E-state index in [0.29, 0.717) is 24.5 Å². The first-order valence-corrected chi connectivity index (χ1v) is 10.8. The van der Waals surface area contributed by atoms with Crippen molar-refractivity contribution in [3.63, 3.8) is 0 Å². The van der Waals surface area contributed by atoms with Gasteiger partial charge in [-0.3, -0.25) is 14.4 Å². The minimum atomic E-state index is -0.742. The number of carbonyl (C=O) groups excluding carboxylic acids is 3. The molecule has 2 aliphatic rings. The Morgan fingerprint density at radius 2 is 2.00 bits per heavy atom. The number of H-pyrrole nitrogens is 1. The van der Waals surface area contributed by atoms with Gasteiger partial charge in [0.2, 0.25) is 11.8 Å². The number of nitriles is 1. The molecule has 0 aromatic carbocycles. The highest BCUT2D eigenvalue weighted by Gasteiger charge is 2.39. The number of aryl methyl sites for hydroxylation is 2. The highest BCUT2D eigenvalue weighted by Crippen LogP contribution is 2.37. The lowest BCUT2D eigenvalue weighted by atomic mass is 9.90. The molecule has 3 rings (SSSR count). The number of aromatic amines is 1. The molecule has 3 atom stereocenters. The molecule has 0 bridgehead atoms. The van der Waals surface area contributed by atoms with Crippen LogP contribution in [0, 0.1) is 42.9 Å². The lowest BCUT2D eigenvalue weighted by Gasteiger charge is -2.20. The summed E-state index contributed by atoms with van der Waals surface area (Å²) in [5.74, 6) is -0.701. The minimum Gasteiger partial charge on any atom is -0.356 e. The van der Waals surface area contributed by atoms with Crippen molar-refractivity contribution in [2.75, 3.05) is 0 Å². The molecule has 0 unspecified atom stereocenters. The summed E-state index contributed by atoms with van der Waals surface area (Å²) in [6, 6.07) is 3.20. The van der Waals surface area contributed by atoms with Crippen LogP contribution in [0.15, 0.2) is 6.07 Å². The Morgan fingerprint density at radius 3 is 2.50 bits per heavy atom. The van der Waals surface area contributed by atoms with Gasteiger partial charge in [-0.25, -0.2) is 0 Å². The Kier molecular flexibility index (Phi) is 6.35. The van der Waals surface area contributed by atoms with Crippen LogP contribution in [0.25, 0.3) is 0 Å². The first-order chi connectivity index (χ1) is 14.1. The molecule has 30 heavy (non-hydrogen) atoms. The SMILES string of the molecule is Cc1cc(C(=O)C[C@@H](CC2CC2)C(=O)N[C@H](C#N)C[C@@H]2CC(C)(C)NC2=O)[nH]c1C. The van der Waals surface area contributed by atoms with E-state index < -0.39 is 12.0 Å². The van der Waals surface area contributed by atoms with Gasteiger partial charge in [0.1, 0.15) is 6.04 Å². The summed E-state index contributed by atoms with van der Waals surface area (Å²) < 4.78 is 0. The van der Waals surface area contributed by atoms with Crippen molar-refractivity contribution in [3.8, 4) is 6.07 Å². The molecule has 0 radical (unpaired) electrons. The number of ketones is 1. The molecule has 3 N–H and O–H groups in total. The Bertz CT molecular complexity index is 856. The molecule has 1 saturated heterocycles. The molecule has 1 saturated carbocycles. The van der Waals surface area contributed by atoms with Gasteiger partial charge < -0.3 is 15.6 Å². The van der Waals surface area contributed by atoms with Crippen LogP contribution in [-0.2, 0) is 9.59 Å². The number of rotatable bonds is 9. The van der Waals surface area contributed by atoms with Crippen LogP contribution in [-0.4, -0.2) is 34.2 Å². The Morgan fingerprint density at radius 1 is 1.30 bits per heavy atom. The van der Waals surface area contributed by atoms with Crippen LogP contribution in [0.1, 0.15) is 74.1 Å². The number of Topliss-reactive ketones (excluding diaryl/α,β-unsaturated/α-hetero) is 1. The van der Waals surface area contributed by atoms with E-state index in [1.807, 2.05) is 33.8 Å². The summed E-state index contributed by atoms with van der Waals surface area (Å²) in [5, 5.41) is 15.3. The Hall–Kier alpha value is -2.62. The lowest BCUT2D eigenvalue weighted by Crippen LogP contribution is -2.40. The van der Waals surface area contributed by atoms with Gasteiger partial charge in [-0.1, -0.05) is 12.8 Å². The topological polar surface area (TPSA) is 115 Å². The van der Waals surface area contributed by atoms with Gasteiger partial charge in [-0.15, -0.1) is 0 Å². The first kappa shape index (κ1) is 22.1. The van der Waals surface area contributed by atoms with Crippen molar-refractivity contribution < 1.29 is 14.4 Å². The third-order valence-electron chi connectivity index (χ3n) is 6.27. The highest BCUT2D eigenvalue weighted by atomic mass is 16.2. The van der Waals surface area contributed by atoms with E-state index in [2.05, 4.69) is 21.7 Å². The highest BCUT2D eigenvalue weighted by molar-refractivity contribution is 5.97. The van der Waals surface area contributed by atoms with E-state index in [9.17, 15) is 19.6 Å². The second-order valence-electron chi connectivity index (χ2n) is 9.69. The van der Waals surface area contributed by atoms with Crippen LogP contribution in [0.2, 0.25) is 0 Å². The van der Waals surface area contributed by atoms with Crippen molar-refractivity contribution in [2.24, 2.45) is 17.8 Å². The standard InChI is InChI=1S/C23H32N4O3/c1-13-7-19(25-14(13)2)20(28)10-16(8-15-5-6-15)21(29)26-18(12-24)9-17-11-23(3,4)27-22(17)30/h7,15-18,25H,5-6,8-11H2,1-4H3,(H,26,29)(H,27,30)/t16-,17-,18+/m1/s1. The average Bonchev–Trinajstić information content (AvgIpc) is 3.36. The number of carbonyl (C=O) groups is 3. The normalized spacial score (nSPS) is 22.1. The summed E-state index contributed by atoms with van der Waals surface area (Å²) in [4.78, 5) is 41.0. The predicted octanol–water partition coefficient (Wildman–Crippen LogP) is 2.93. The fourth-order valence-electron chi connectivity index (χ4n) is 4.29. The van der Waals surface area contributed by atoms with E-state index in [0.717, 1.165) is 24.1 Å². The molecular weight excluding hydrogens is 380 g/mol. The monoisotopic (exact) mass is 412 g/mol. The molecule has 1 aliphatic carbocycles. The third kappa shape index (κ3) is 5.50. The van der Waals surface area contributed by atoms with Crippen molar-refractivity contribution in [2.45, 2.75) is 77.8 Å². The fraction of sp³-hybridized carbons (Fsp3) is 0.652.